The molecule has 2 aliphatic rings. The van der Waals surface area contributed by atoms with Crippen LogP contribution in [0.1, 0.15) is 25.7 Å². The lowest BCUT2D eigenvalue weighted by molar-refractivity contribution is -0.160. The Hall–Kier alpha value is -0.610. The number of ether oxygens (including phenoxy) is 2. The molecule has 0 radical (unpaired) electrons. The Bertz CT molecular complexity index is 208. The van der Waals surface area contributed by atoms with Crippen molar-refractivity contribution in [1.29, 1.82) is 0 Å². The quantitative estimate of drug-likeness (QED) is 0.658. The third-order valence-electron chi connectivity index (χ3n) is 2.93. The monoisotopic (exact) mass is 186 g/mol. The predicted molar refractivity (Wildman–Crippen MR) is 44.5 cm³/mol. The van der Waals surface area contributed by atoms with E-state index in [4.69, 9.17) is 14.6 Å². The Morgan fingerprint density at radius 1 is 1.31 bits per heavy atom. The molecule has 74 valence electrons. The van der Waals surface area contributed by atoms with Crippen molar-refractivity contribution in [2.45, 2.75) is 37.4 Å². The lowest BCUT2D eigenvalue weighted by atomic mass is 9.91. The molecule has 0 saturated carbocycles. The first-order valence-corrected chi connectivity index (χ1v) is 4.70. The van der Waals surface area contributed by atoms with Crippen molar-refractivity contribution in [2.24, 2.45) is 0 Å². The third-order valence-corrected chi connectivity index (χ3v) is 2.93. The molecule has 1 unspecified atom stereocenters. The van der Waals surface area contributed by atoms with Crippen LogP contribution in [0.5, 0.6) is 0 Å². The summed E-state index contributed by atoms with van der Waals surface area (Å²) in [4.78, 5) is 10.7. The van der Waals surface area contributed by atoms with Crippen LogP contribution in [0.4, 0.5) is 0 Å². The zero-order valence-electron chi connectivity index (χ0n) is 7.49. The Labute approximate surface area is 76.8 Å². The number of rotatable bonds is 1. The zero-order chi connectivity index (χ0) is 9.31. The van der Waals surface area contributed by atoms with Crippen LogP contribution in [0.3, 0.4) is 0 Å². The summed E-state index contributed by atoms with van der Waals surface area (Å²) in [6.07, 6.45) is 2.62. The average molecular weight is 186 g/mol. The van der Waals surface area contributed by atoms with Crippen LogP contribution in [-0.4, -0.2) is 36.0 Å². The Morgan fingerprint density at radius 2 is 2.00 bits per heavy atom. The summed E-state index contributed by atoms with van der Waals surface area (Å²) < 4.78 is 10.8. The molecule has 2 heterocycles. The first kappa shape index (κ1) is 8.97. The minimum absolute atomic E-state index is 0.179. The van der Waals surface area contributed by atoms with E-state index in [9.17, 15) is 4.79 Å². The highest BCUT2D eigenvalue weighted by Crippen LogP contribution is 2.38. The lowest BCUT2D eigenvalue weighted by Crippen LogP contribution is -2.37. The van der Waals surface area contributed by atoms with Crippen LogP contribution in [0, 0.1) is 0 Å². The second kappa shape index (κ2) is 3.27. The van der Waals surface area contributed by atoms with Gasteiger partial charge in [-0.15, -0.1) is 0 Å². The van der Waals surface area contributed by atoms with Gasteiger partial charge in [-0.2, -0.15) is 0 Å². The summed E-state index contributed by atoms with van der Waals surface area (Å²) in [5.74, 6) is -0.830. The molecule has 4 heteroatoms. The van der Waals surface area contributed by atoms with Crippen LogP contribution in [0.15, 0.2) is 0 Å². The highest BCUT2D eigenvalue weighted by molar-refractivity contribution is 5.72. The minimum Gasteiger partial charge on any atom is -0.479 e. The fraction of sp³-hybridized carbons (Fsp3) is 0.889. The maximum absolute atomic E-state index is 10.7. The summed E-state index contributed by atoms with van der Waals surface area (Å²) in [5, 5.41) is 8.77. The molecule has 1 spiro atoms. The summed E-state index contributed by atoms with van der Waals surface area (Å²) >= 11 is 0. The van der Waals surface area contributed by atoms with E-state index in [1.54, 1.807) is 0 Å². The maximum Gasteiger partial charge on any atom is 0.332 e. The number of hydrogen-bond donors (Lipinski definition) is 1. The number of carbonyl (C=O) groups is 1. The molecule has 1 atom stereocenters. The summed E-state index contributed by atoms with van der Waals surface area (Å²) in [7, 11) is 0. The van der Waals surface area contributed by atoms with Crippen molar-refractivity contribution in [3.8, 4) is 0 Å². The predicted octanol–water partition coefficient (Wildman–Crippen LogP) is 0.799. The highest BCUT2D eigenvalue weighted by atomic mass is 16.5. The molecule has 2 rings (SSSR count). The molecule has 4 nitrogen and oxygen atoms in total. The van der Waals surface area contributed by atoms with E-state index >= 15 is 0 Å². The normalized spacial score (nSPS) is 32.2. The Balaban J connectivity index is 1.98. The van der Waals surface area contributed by atoms with Crippen LogP contribution < -0.4 is 0 Å². The van der Waals surface area contributed by atoms with Gasteiger partial charge in [0.15, 0.2) is 6.10 Å². The SMILES string of the molecule is O=C(O)C1CCC2(CCOCC2)O1. The van der Waals surface area contributed by atoms with E-state index in [0.717, 1.165) is 19.3 Å². The van der Waals surface area contributed by atoms with Gasteiger partial charge in [0.1, 0.15) is 0 Å². The van der Waals surface area contributed by atoms with E-state index in [2.05, 4.69) is 0 Å². The molecule has 0 aliphatic carbocycles. The smallest absolute Gasteiger partial charge is 0.332 e. The van der Waals surface area contributed by atoms with Gasteiger partial charge in [-0.3, -0.25) is 0 Å². The number of carboxylic acid groups (broad SMARTS) is 1. The van der Waals surface area contributed by atoms with Gasteiger partial charge < -0.3 is 14.6 Å². The fourth-order valence-electron chi connectivity index (χ4n) is 2.10. The van der Waals surface area contributed by atoms with E-state index in [0.29, 0.717) is 19.6 Å². The molecule has 2 aliphatic heterocycles. The Kier molecular flexibility index (Phi) is 2.26. The van der Waals surface area contributed by atoms with Gasteiger partial charge >= 0.3 is 5.97 Å². The molecule has 0 aromatic heterocycles. The van der Waals surface area contributed by atoms with Gasteiger partial charge in [-0.05, 0) is 25.7 Å². The topological polar surface area (TPSA) is 55.8 Å². The van der Waals surface area contributed by atoms with Gasteiger partial charge in [-0.25, -0.2) is 4.79 Å². The molecule has 0 amide bonds. The van der Waals surface area contributed by atoms with E-state index in [-0.39, 0.29) is 5.60 Å². The summed E-state index contributed by atoms with van der Waals surface area (Å²) in [6, 6.07) is 0. The van der Waals surface area contributed by atoms with Crippen molar-refractivity contribution in [2.75, 3.05) is 13.2 Å². The molecular formula is C9H14O4. The first-order chi connectivity index (χ1) is 6.22. The number of hydrogen-bond acceptors (Lipinski definition) is 3. The summed E-state index contributed by atoms with van der Waals surface area (Å²) in [6.45, 7) is 1.40. The lowest BCUT2D eigenvalue weighted by Gasteiger charge is -2.32. The van der Waals surface area contributed by atoms with Crippen LogP contribution in [0.25, 0.3) is 0 Å². The number of carboxylic acids is 1. The maximum atomic E-state index is 10.7. The second-order valence-corrected chi connectivity index (χ2v) is 3.78. The number of aliphatic carboxylic acids is 1. The highest BCUT2D eigenvalue weighted by Gasteiger charge is 2.43. The van der Waals surface area contributed by atoms with Gasteiger partial charge in [0, 0.05) is 13.2 Å². The minimum atomic E-state index is -0.830. The van der Waals surface area contributed by atoms with Crippen molar-refractivity contribution in [1.82, 2.24) is 0 Å². The molecule has 0 aromatic rings. The molecule has 2 saturated heterocycles. The van der Waals surface area contributed by atoms with Crippen LogP contribution >= 0.6 is 0 Å². The molecule has 2 fully saturated rings. The molecular weight excluding hydrogens is 172 g/mol. The zero-order valence-corrected chi connectivity index (χ0v) is 7.49. The third kappa shape index (κ3) is 1.69. The van der Waals surface area contributed by atoms with Gasteiger partial charge in [0.05, 0.1) is 5.60 Å². The van der Waals surface area contributed by atoms with Crippen LogP contribution in [-0.2, 0) is 14.3 Å². The fourth-order valence-corrected chi connectivity index (χ4v) is 2.10. The average Bonchev–Trinajstić information content (AvgIpc) is 2.51. The van der Waals surface area contributed by atoms with Crippen molar-refractivity contribution in [3.05, 3.63) is 0 Å². The van der Waals surface area contributed by atoms with Crippen molar-refractivity contribution < 1.29 is 19.4 Å². The standard InChI is InChI=1S/C9H14O4/c10-8(11)7-1-2-9(13-7)3-5-12-6-4-9/h7H,1-6H2,(H,10,11). The van der Waals surface area contributed by atoms with Crippen LogP contribution in [0.2, 0.25) is 0 Å². The molecule has 13 heavy (non-hydrogen) atoms. The van der Waals surface area contributed by atoms with E-state index < -0.39 is 12.1 Å². The van der Waals surface area contributed by atoms with Gasteiger partial charge in [0.2, 0.25) is 0 Å². The molecule has 0 aromatic carbocycles. The molecule has 1 N–H and O–H groups in total. The van der Waals surface area contributed by atoms with E-state index in [1.165, 1.54) is 0 Å². The van der Waals surface area contributed by atoms with Crippen molar-refractivity contribution in [3.63, 3.8) is 0 Å². The molecule has 0 bridgehead atoms. The van der Waals surface area contributed by atoms with Gasteiger partial charge in [-0.1, -0.05) is 0 Å². The van der Waals surface area contributed by atoms with Gasteiger partial charge in [0.25, 0.3) is 0 Å². The second-order valence-electron chi connectivity index (χ2n) is 3.78. The van der Waals surface area contributed by atoms with E-state index in [1.807, 2.05) is 0 Å². The summed E-state index contributed by atoms with van der Waals surface area (Å²) in [5.41, 5.74) is -0.179. The van der Waals surface area contributed by atoms with Crippen molar-refractivity contribution >= 4 is 5.97 Å². The Morgan fingerprint density at radius 3 is 2.54 bits per heavy atom. The first-order valence-electron chi connectivity index (χ1n) is 4.70. The largest absolute Gasteiger partial charge is 0.479 e.